The molecule has 0 fully saturated rings. The van der Waals surface area contributed by atoms with Gasteiger partial charge in [-0.25, -0.2) is 0 Å². The first-order valence-corrected chi connectivity index (χ1v) is 3.76. The van der Waals surface area contributed by atoms with Gasteiger partial charge in [0, 0.05) is 4.75 Å². The van der Waals surface area contributed by atoms with Crippen molar-refractivity contribution in [3.05, 3.63) is 0 Å². The van der Waals surface area contributed by atoms with Crippen LogP contribution in [-0.2, 0) is 4.79 Å². The second-order valence-electron chi connectivity index (χ2n) is 2.79. The fraction of sp³-hybridized carbons (Fsp3) is 0.833. The molecule has 0 aliphatic carbocycles. The SMILES string of the molecule is CC(C)(C)SCC(=O)O. The summed E-state index contributed by atoms with van der Waals surface area (Å²) in [5.74, 6) is -0.543. The van der Waals surface area contributed by atoms with Crippen molar-refractivity contribution >= 4 is 17.7 Å². The summed E-state index contributed by atoms with van der Waals surface area (Å²) < 4.78 is 0.0678. The van der Waals surface area contributed by atoms with Gasteiger partial charge in [-0.05, 0) is 0 Å². The third-order valence-electron chi connectivity index (χ3n) is 0.629. The molecule has 9 heavy (non-hydrogen) atoms. The monoisotopic (exact) mass is 148 g/mol. The lowest BCUT2D eigenvalue weighted by Gasteiger charge is -2.15. The molecule has 0 aliphatic heterocycles. The fourth-order valence-electron chi connectivity index (χ4n) is 0.278. The van der Waals surface area contributed by atoms with E-state index in [9.17, 15) is 4.79 Å². The molecular weight excluding hydrogens is 136 g/mol. The van der Waals surface area contributed by atoms with Crippen molar-refractivity contribution < 1.29 is 9.90 Å². The average Bonchev–Trinajstić information content (AvgIpc) is 1.59. The zero-order chi connectivity index (χ0) is 7.49. The molecule has 54 valence electrons. The van der Waals surface area contributed by atoms with Crippen LogP contribution in [0, 0.1) is 0 Å². The Labute approximate surface area is 59.6 Å². The van der Waals surface area contributed by atoms with E-state index in [1.807, 2.05) is 20.8 Å². The lowest BCUT2D eigenvalue weighted by Crippen LogP contribution is -2.12. The number of aliphatic carboxylic acids is 1. The van der Waals surface area contributed by atoms with E-state index in [1.165, 1.54) is 11.8 Å². The molecule has 0 aromatic heterocycles. The third-order valence-corrected chi connectivity index (χ3v) is 1.89. The first kappa shape index (κ1) is 8.82. The zero-order valence-electron chi connectivity index (χ0n) is 5.97. The van der Waals surface area contributed by atoms with E-state index in [0.29, 0.717) is 0 Å². The highest BCUT2D eigenvalue weighted by molar-refractivity contribution is 8.01. The first-order valence-electron chi connectivity index (χ1n) is 2.77. The molecule has 0 heterocycles. The van der Waals surface area contributed by atoms with E-state index in [0.717, 1.165) is 0 Å². The highest BCUT2D eigenvalue weighted by Gasteiger charge is 2.11. The minimum Gasteiger partial charge on any atom is -0.481 e. The van der Waals surface area contributed by atoms with Gasteiger partial charge in [0.15, 0.2) is 0 Å². The van der Waals surface area contributed by atoms with Crippen LogP contribution in [0.3, 0.4) is 0 Å². The predicted molar refractivity (Wildman–Crippen MR) is 39.8 cm³/mol. The summed E-state index contributed by atoms with van der Waals surface area (Å²) in [4.78, 5) is 10.0. The van der Waals surface area contributed by atoms with Crippen molar-refractivity contribution in [1.82, 2.24) is 0 Å². The topological polar surface area (TPSA) is 37.3 Å². The smallest absolute Gasteiger partial charge is 0.313 e. The molecule has 0 amide bonds. The van der Waals surface area contributed by atoms with E-state index in [4.69, 9.17) is 5.11 Å². The quantitative estimate of drug-likeness (QED) is 0.646. The van der Waals surface area contributed by atoms with Gasteiger partial charge in [0.2, 0.25) is 0 Å². The van der Waals surface area contributed by atoms with E-state index < -0.39 is 5.97 Å². The maximum atomic E-state index is 10.0. The van der Waals surface area contributed by atoms with Gasteiger partial charge in [-0.3, -0.25) is 4.79 Å². The molecule has 2 nitrogen and oxygen atoms in total. The van der Waals surface area contributed by atoms with Crippen LogP contribution in [0.15, 0.2) is 0 Å². The molecule has 0 aromatic carbocycles. The number of carboxylic acids is 1. The molecule has 0 rings (SSSR count). The van der Waals surface area contributed by atoms with Crippen LogP contribution in [0.5, 0.6) is 0 Å². The summed E-state index contributed by atoms with van der Waals surface area (Å²) in [6.45, 7) is 6.00. The van der Waals surface area contributed by atoms with Crippen molar-refractivity contribution in [2.75, 3.05) is 5.75 Å². The van der Waals surface area contributed by atoms with E-state index in [-0.39, 0.29) is 10.5 Å². The summed E-state index contributed by atoms with van der Waals surface area (Å²) >= 11 is 1.44. The second-order valence-corrected chi connectivity index (χ2v) is 4.60. The Morgan fingerprint density at radius 1 is 1.56 bits per heavy atom. The van der Waals surface area contributed by atoms with Gasteiger partial charge in [0.1, 0.15) is 0 Å². The van der Waals surface area contributed by atoms with Gasteiger partial charge in [-0.15, -0.1) is 11.8 Å². The minimum atomic E-state index is -0.741. The lowest BCUT2D eigenvalue weighted by molar-refractivity contribution is -0.133. The first-order chi connectivity index (χ1) is 3.92. The Kier molecular flexibility index (Phi) is 3.04. The molecule has 0 unspecified atom stereocenters. The van der Waals surface area contributed by atoms with Crippen LogP contribution in [-0.4, -0.2) is 21.6 Å². The summed E-state index contributed by atoms with van der Waals surface area (Å²) in [7, 11) is 0. The zero-order valence-corrected chi connectivity index (χ0v) is 6.79. The molecule has 0 radical (unpaired) electrons. The van der Waals surface area contributed by atoms with Gasteiger partial charge < -0.3 is 5.11 Å². The van der Waals surface area contributed by atoms with Crippen molar-refractivity contribution in [3.8, 4) is 0 Å². The van der Waals surface area contributed by atoms with Gasteiger partial charge in [0.05, 0.1) is 5.75 Å². The van der Waals surface area contributed by atoms with Crippen LogP contribution in [0.2, 0.25) is 0 Å². The summed E-state index contributed by atoms with van der Waals surface area (Å²) in [5, 5.41) is 8.26. The maximum absolute atomic E-state index is 10.0. The van der Waals surface area contributed by atoms with Gasteiger partial charge in [-0.2, -0.15) is 0 Å². The molecule has 0 saturated heterocycles. The summed E-state index contributed by atoms with van der Waals surface area (Å²) in [6.07, 6.45) is 0. The summed E-state index contributed by atoms with van der Waals surface area (Å²) in [6, 6.07) is 0. The predicted octanol–water partition coefficient (Wildman–Crippen LogP) is 1.60. The molecule has 3 heteroatoms. The van der Waals surface area contributed by atoms with Crippen molar-refractivity contribution in [1.29, 1.82) is 0 Å². The second kappa shape index (κ2) is 3.11. The number of hydrogen-bond acceptors (Lipinski definition) is 2. The Hall–Kier alpha value is -0.180. The van der Waals surface area contributed by atoms with Crippen molar-refractivity contribution in [2.45, 2.75) is 25.5 Å². The molecule has 0 atom stereocenters. The molecular formula is C6H12O2S. The molecule has 0 spiro atoms. The Morgan fingerprint density at radius 3 is 2.11 bits per heavy atom. The van der Waals surface area contributed by atoms with Gasteiger partial charge in [-0.1, -0.05) is 20.8 Å². The van der Waals surface area contributed by atoms with Gasteiger partial charge in [0.25, 0.3) is 0 Å². The molecule has 0 bridgehead atoms. The van der Waals surface area contributed by atoms with Crippen LogP contribution < -0.4 is 0 Å². The number of rotatable bonds is 2. The Balaban J connectivity index is 3.39. The van der Waals surface area contributed by atoms with E-state index in [2.05, 4.69) is 0 Å². The standard InChI is InChI=1S/C6H12O2S/c1-6(2,3)9-4-5(7)8/h4H2,1-3H3,(H,7,8). The number of hydrogen-bond donors (Lipinski definition) is 1. The van der Waals surface area contributed by atoms with Crippen LogP contribution >= 0.6 is 11.8 Å². The minimum absolute atomic E-state index is 0.0678. The molecule has 0 aromatic rings. The molecule has 1 N–H and O–H groups in total. The number of thioether (sulfide) groups is 1. The number of carboxylic acid groups (broad SMARTS) is 1. The molecule has 0 aliphatic rings. The average molecular weight is 148 g/mol. The largest absolute Gasteiger partial charge is 0.481 e. The Morgan fingerprint density at radius 2 is 2.00 bits per heavy atom. The highest BCUT2D eigenvalue weighted by atomic mass is 32.2. The van der Waals surface area contributed by atoms with Crippen molar-refractivity contribution in [3.63, 3.8) is 0 Å². The maximum Gasteiger partial charge on any atom is 0.313 e. The fourth-order valence-corrected chi connectivity index (χ4v) is 0.835. The van der Waals surface area contributed by atoms with E-state index >= 15 is 0 Å². The van der Waals surface area contributed by atoms with E-state index in [1.54, 1.807) is 0 Å². The van der Waals surface area contributed by atoms with Crippen molar-refractivity contribution in [2.24, 2.45) is 0 Å². The third kappa shape index (κ3) is 7.82. The molecule has 0 saturated carbocycles. The van der Waals surface area contributed by atoms with Crippen LogP contribution in [0.4, 0.5) is 0 Å². The normalized spacial score (nSPS) is 11.4. The summed E-state index contributed by atoms with van der Waals surface area (Å²) in [5.41, 5.74) is 0. The lowest BCUT2D eigenvalue weighted by atomic mass is 10.3. The van der Waals surface area contributed by atoms with Crippen LogP contribution in [0.25, 0.3) is 0 Å². The highest BCUT2D eigenvalue weighted by Crippen LogP contribution is 2.22. The Bertz CT molecular complexity index is 104. The van der Waals surface area contributed by atoms with Crippen LogP contribution in [0.1, 0.15) is 20.8 Å². The van der Waals surface area contributed by atoms with Gasteiger partial charge >= 0.3 is 5.97 Å². The number of carbonyl (C=O) groups is 1.